The number of nitrogens with one attached hydrogen (secondary N) is 2. The van der Waals surface area contributed by atoms with Crippen molar-refractivity contribution in [1.29, 1.82) is 0 Å². The standard InChI is InChI=1S/C15H21N3O2S/c1-4-18-8-7-13(11-18)10-17-14-6-5-12(2)15(9-14)21(19,20)16-3/h5-9,11,16-17H,4,10H2,1-3H3. The molecule has 1 aromatic heterocycles. The first-order valence-electron chi connectivity index (χ1n) is 6.89. The number of sulfonamides is 1. The highest BCUT2D eigenvalue weighted by Crippen LogP contribution is 2.20. The third kappa shape index (κ3) is 3.65. The first kappa shape index (κ1) is 15.6. The van der Waals surface area contributed by atoms with Gasteiger partial charge in [0.15, 0.2) is 0 Å². The summed E-state index contributed by atoms with van der Waals surface area (Å²) in [6.07, 6.45) is 4.11. The van der Waals surface area contributed by atoms with Gasteiger partial charge < -0.3 is 9.88 Å². The Bertz CT molecular complexity index is 720. The van der Waals surface area contributed by atoms with Gasteiger partial charge in [-0.2, -0.15) is 0 Å². The fraction of sp³-hybridized carbons (Fsp3) is 0.333. The summed E-state index contributed by atoms with van der Waals surface area (Å²) in [5, 5.41) is 3.26. The molecule has 0 amide bonds. The smallest absolute Gasteiger partial charge is 0.240 e. The van der Waals surface area contributed by atoms with Crippen LogP contribution < -0.4 is 10.0 Å². The third-order valence-electron chi connectivity index (χ3n) is 3.42. The Morgan fingerprint density at radius 1 is 1.24 bits per heavy atom. The third-order valence-corrected chi connectivity index (χ3v) is 4.98. The van der Waals surface area contributed by atoms with E-state index in [0.717, 1.165) is 23.4 Å². The van der Waals surface area contributed by atoms with Crippen LogP contribution in [0.4, 0.5) is 5.69 Å². The molecule has 1 heterocycles. The molecule has 0 aliphatic rings. The zero-order chi connectivity index (χ0) is 15.5. The molecule has 114 valence electrons. The molecule has 2 rings (SSSR count). The van der Waals surface area contributed by atoms with Crippen molar-refractivity contribution < 1.29 is 8.42 Å². The number of rotatable bonds is 6. The van der Waals surface area contributed by atoms with Gasteiger partial charge in [0.25, 0.3) is 0 Å². The highest BCUT2D eigenvalue weighted by atomic mass is 32.2. The lowest BCUT2D eigenvalue weighted by atomic mass is 10.2. The topological polar surface area (TPSA) is 63.1 Å². The molecule has 0 fully saturated rings. The molecule has 0 unspecified atom stereocenters. The molecule has 0 aliphatic heterocycles. The zero-order valence-corrected chi connectivity index (χ0v) is 13.4. The highest BCUT2D eigenvalue weighted by Gasteiger charge is 2.14. The van der Waals surface area contributed by atoms with Gasteiger partial charge in [0.2, 0.25) is 10.0 Å². The quantitative estimate of drug-likeness (QED) is 0.861. The minimum Gasteiger partial charge on any atom is -0.381 e. The van der Waals surface area contributed by atoms with Gasteiger partial charge in [-0.25, -0.2) is 13.1 Å². The van der Waals surface area contributed by atoms with E-state index in [1.165, 1.54) is 7.05 Å². The summed E-state index contributed by atoms with van der Waals surface area (Å²) in [5.74, 6) is 0. The van der Waals surface area contributed by atoms with E-state index >= 15 is 0 Å². The maximum Gasteiger partial charge on any atom is 0.240 e. The Balaban J connectivity index is 2.16. The van der Waals surface area contributed by atoms with Crippen LogP contribution in [-0.2, 0) is 23.1 Å². The lowest BCUT2D eigenvalue weighted by molar-refractivity contribution is 0.587. The van der Waals surface area contributed by atoms with Crippen molar-refractivity contribution in [3.63, 3.8) is 0 Å². The molecule has 2 aromatic rings. The van der Waals surface area contributed by atoms with Crippen LogP contribution in [0.3, 0.4) is 0 Å². The van der Waals surface area contributed by atoms with Crippen LogP contribution in [0.15, 0.2) is 41.6 Å². The van der Waals surface area contributed by atoms with E-state index in [1.807, 2.05) is 18.3 Å². The predicted octanol–water partition coefficient (Wildman–Crippen LogP) is 2.34. The Hall–Kier alpha value is -1.79. The first-order valence-corrected chi connectivity index (χ1v) is 8.37. The van der Waals surface area contributed by atoms with Crippen molar-refractivity contribution in [2.45, 2.75) is 31.8 Å². The van der Waals surface area contributed by atoms with Crippen LogP contribution in [0.25, 0.3) is 0 Å². The van der Waals surface area contributed by atoms with Gasteiger partial charge in [0.05, 0.1) is 4.90 Å². The fourth-order valence-corrected chi connectivity index (χ4v) is 3.10. The minimum atomic E-state index is -3.43. The van der Waals surface area contributed by atoms with Gasteiger partial charge >= 0.3 is 0 Å². The van der Waals surface area contributed by atoms with E-state index in [2.05, 4.69) is 33.8 Å². The largest absolute Gasteiger partial charge is 0.381 e. The number of hydrogen-bond donors (Lipinski definition) is 2. The Morgan fingerprint density at radius 2 is 2.00 bits per heavy atom. The van der Waals surface area contributed by atoms with Crippen LogP contribution >= 0.6 is 0 Å². The maximum atomic E-state index is 11.9. The van der Waals surface area contributed by atoms with E-state index in [0.29, 0.717) is 11.4 Å². The second-order valence-electron chi connectivity index (χ2n) is 4.89. The Morgan fingerprint density at radius 3 is 2.62 bits per heavy atom. The fourth-order valence-electron chi connectivity index (χ4n) is 2.11. The van der Waals surface area contributed by atoms with Crippen LogP contribution in [0.1, 0.15) is 18.1 Å². The number of hydrogen-bond acceptors (Lipinski definition) is 3. The SMILES string of the molecule is CCn1ccc(CNc2ccc(C)c(S(=O)(=O)NC)c2)c1. The van der Waals surface area contributed by atoms with Gasteiger partial charge in [0, 0.05) is 31.2 Å². The van der Waals surface area contributed by atoms with Crippen LogP contribution in [0.5, 0.6) is 0 Å². The number of benzene rings is 1. The van der Waals surface area contributed by atoms with Crippen LogP contribution in [0.2, 0.25) is 0 Å². The molecule has 0 aliphatic carbocycles. The van der Waals surface area contributed by atoms with E-state index < -0.39 is 10.0 Å². The lowest BCUT2D eigenvalue weighted by Crippen LogP contribution is -2.19. The average molecular weight is 307 g/mol. The average Bonchev–Trinajstić information content (AvgIpc) is 2.94. The Kier molecular flexibility index (Phi) is 4.69. The highest BCUT2D eigenvalue weighted by molar-refractivity contribution is 7.89. The second-order valence-corrected chi connectivity index (χ2v) is 6.75. The van der Waals surface area contributed by atoms with Crippen molar-refractivity contribution in [3.05, 3.63) is 47.8 Å². The number of aryl methyl sites for hydroxylation is 2. The molecule has 0 atom stereocenters. The van der Waals surface area contributed by atoms with Crippen LogP contribution in [-0.4, -0.2) is 20.0 Å². The van der Waals surface area contributed by atoms with Crippen molar-refractivity contribution in [2.24, 2.45) is 0 Å². The summed E-state index contributed by atoms with van der Waals surface area (Å²) in [7, 11) is -2.01. The summed E-state index contributed by atoms with van der Waals surface area (Å²) in [6.45, 7) is 5.48. The molecule has 1 aromatic carbocycles. The van der Waals surface area contributed by atoms with Gasteiger partial charge in [-0.15, -0.1) is 0 Å². The van der Waals surface area contributed by atoms with Crippen molar-refractivity contribution in [1.82, 2.24) is 9.29 Å². The molecule has 2 N–H and O–H groups in total. The van der Waals surface area contributed by atoms with E-state index in [9.17, 15) is 8.42 Å². The summed E-state index contributed by atoms with van der Waals surface area (Å²) >= 11 is 0. The molecular formula is C15H21N3O2S. The normalized spacial score (nSPS) is 11.6. The summed E-state index contributed by atoms with van der Waals surface area (Å²) in [6, 6.07) is 7.42. The summed E-state index contributed by atoms with van der Waals surface area (Å²) < 4.78 is 28.3. The molecule has 5 nitrogen and oxygen atoms in total. The van der Waals surface area contributed by atoms with Crippen molar-refractivity contribution >= 4 is 15.7 Å². The second kappa shape index (κ2) is 6.32. The zero-order valence-electron chi connectivity index (χ0n) is 12.6. The lowest BCUT2D eigenvalue weighted by Gasteiger charge is -2.10. The van der Waals surface area contributed by atoms with E-state index in [1.54, 1.807) is 13.0 Å². The number of anilines is 1. The molecular weight excluding hydrogens is 286 g/mol. The van der Waals surface area contributed by atoms with E-state index in [4.69, 9.17) is 0 Å². The van der Waals surface area contributed by atoms with Crippen molar-refractivity contribution in [2.75, 3.05) is 12.4 Å². The molecule has 0 bridgehead atoms. The molecule has 21 heavy (non-hydrogen) atoms. The molecule has 0 radical (unpaired) electrons. The Labute approximate surface area is 126 Å². The van der Waals surface area contributed by atoms with Gasteiger partial charge in [-0.3, -0.25) is 0 Å². The van der Waals surface area contributed by atoms with Gasteiger partial charge in [-0.1, -0.05) is 6.07 Å². The van der Waals surface area contributed by atoms with Crippen LogP contribution in [0, 0.1) is 6.92 Å². The molecule has 6 heteroatoms. The van der Waals surface area contributed by atoms with Gasteiger partial charge in [0.1, 0.15) is 0 Å². The van der Waals surface area contributed by atoms with Crippen molar-refractivity contribution in [3.8, 4) is 0 Å². The van der Waals surface area contributed by atoms with E-state index in [-0.39, 0.29) is 0 Å². The van der Waals surface area contributed by atoms with Gasteiger partial charge in [-0.05, 0) is 50.2 Å². The molecule has 0 spiro atoms. The maximum absolute atomic E-state index is 11.9. The first-order chi connectivity index (χ1) is 9.96. The predicted molar refractivity (Wildman–Crippen MR) is 84.9 cm³/mol. The molecule has 0 saturated heterocycles. The number of aromatic nitrogens is 1. The monoisotopic (exact) mass is 307 g/mol. The summed E-state index contributed by atoms with van der Waals surface area (Å²) in [5.41, 5.74) is 2.68. The minimum absolute atomic E-state index is 0.307. The number of nitrogens with zero attached hydrogens (tertiary/aromatic N) is 1. The molecule has 0 saturated carbocycles. The summed E-state index contributed by atoms with van der Waals surface area (Å²) in [4.78, 5) is 0.307.